The van der Waals surface area contributed by atoms with Crippen molar-refractivity contribution in [3.05, 3.63) is 12.2 Å². The molecule has 0 radical (unpaired) electrons. The third-order valence-corrected chi connectivity index (χ3v) is 7.24. The van der Waals surface area contributed by atoms with Crippen molar-refractivity contribution in [1.82, 2.24) is 0 Å². The zero-order chi connectivity index (χ0) is 6.77. The maximum atomic E-state index is 2.42. The molecule has 3 heteroatoms. The predicted octanol–water partition coefficient (Wildman–Crippen LogP) is 2.21. The van der Waals surface area contributed by atoms with Gasteiger partial charge < -0.3 is 0 Å². The lowest BCUT2D eigenvalue weighted by Crippen LogP contribution is -2.15. The van der Waals surface area contributed by atoms with E-state index in [1.54, 1.807) is 0 Å². The lowest BCUT2D eigenvalue weighted by molar-refractivity contribution is 0.904. The van der Waals surface area contributed by atoms with E-state index in [1.807, 2.05) is 11.8 Å². The molecule has 0 amide bonds. The number of rotatable bonds is 1. The summed E-state index contributed by atoms with van der Waals surface area (Å²) in [7, 11) is 0. The summed E-state index contributed by atoms with van der Waals surface area (Å²) < 4.78 is 0.532. The minimum atomic E-state index is 0.532. The molecular weight excluding hydrogens is 180 g/mol. The van der Waals surface area contributed by atoms with E-state index in [1.165, 1.54) is 0 Å². The van der Waals surface area contributed by atoms with Crippen molar-refractivity contribution in [2.75, 3.05) is 6.26 Å². The molecule has 0 aromatic carbocycles. The van der Waals surface area contributed by atoms with Gasteiger partial charge in [-0.1, -0.05) is 12.2 Å². The molecule has 0 aromatic rings. The van der Waals surface area contributed by atoms with Crippen LogP contribution in [0.5, 0.6) is 0 Å². The minimum absolute atomic E-state index is 0.532. The van der Waals surface area contributed by atoms with Crippen LogP contribution in [0.3, 0.4) is 0 Å². The number of hydrogen-bond acceptors (Lipinski definition) is 3. The molecule has 2 saturated heterocycles. The minimum Gasteiger partial charge on any atom is -0.147 e. The summed E-state index contributed by atoms with van der Waals surface area (Å²) >= 11 is 6.31. The van der Waals surface area contributed by atoms with Gasteiger partial charge in [0.25, 0.3) is 0 Å². The molecule has 2 fully saturated rings. The molecule has 10 heavy (non-hydrogen) atoms. The standard InChI is InChI=1S/C7H8S3/c1-8-7-3-2-4-5(9-4)6(7)10-7/h2-6H,1H3. The largest absolute Gasteiger partial charge is 0.147 e. The molecule has 0 saturated carbocycles. The summed E-state index contributed by atoms with van der Waals surface area (Å²) in [5, 5.41) is 2.85. The maximum Gasteiger partial charge on any atom is 0.0922 e. The lowest BCUT2D eigenvalue weighted by Gasteiger charge is -2.07. The molecule has 0 nitrogen and oxygen atoms in total. The van der Waals surface area contributed by atoms with Gasteiger partial charge in [0.05, 0.1) is 4.08 Å². The highest BCUT2D eigenvalue weighted by Crippen LogP contribution is 2.72. The molecule has 3 aliphatic rings. The molecule has 0 bridgehead atoms. The highest BCUT2D eigenvalue weighted by atomic mass is 32.2. The monoisotopic (exact) mass is 188 g/mol. The first kappa shape index (κ1) is 6.32. The first-order valence-corrected chi connectivity index (χ1v) is 6.48. The third kappa shape index (κ3) is 0.644. The SMILES string of the molecule is CSC12C=CC3SC3C1S2. The van der Waals surface area contributed by atoms with Gasteiger partial charge in [0.1, 0.15) is 0 Å². The van der Waals surface area contributed by atoms with E-state index in [-0.39, 0.29) is 0 Å². The Morgan fingerprint density at radius 1 is 1.60 bits per heavy atom. The second-order valence-electron chi connectivity index (χ2n) is 2.89. The Bertz CT molecular complexity index is 213. The predicted molar refractivity (Wildman–Crippen MR) is 51.9 cm³/mol. The van der Waals surface area contributed by atoms with Crippen LogP contribution in [-0.2, 0) is 0 Å². The Morgan fingerprint density at radius 3 is 3.30 bits per heavy atom. The molecule has 0 spiro atoms. The van der Waals surface area contributed by atoms with Gasteiger partial charge in [0.2, 0.25) is 0 Å². The van der Waals surface area contributed by atoms with Crippen LogP contribution in [-0.4, -0.2) is 26.1 Å². The zero-order valence-electron chi connectivity index (χ0n) is 5.61. The summed E-state index contributed by atoms with van der Waals surface area (Å²) in [4.78, 5) is 0. The molecular formula is C7H8S3. The summed E-state index contributed by atoms with van der Waals surface area (Å²) in [5.74, 6) is 0. The van der Waals surface area contributed by atoms with Crippen LogP contribution in [0.25, 0.3) is 0 Å². The average molecular weight is 188 g/mol. The van der Waals surface area contributed by atoms with Crippen LogP contribution in [0.15, 0.2) is 12.2 Å². The van der Waals surface area contributed by atoms with E-state index < -0.39 is 0 Å². The number of thioether (sulfide) groups is 3. The molecule has 0 N–H and O–H groups in total. The fourth-order valence-corrected chi connectivity index (χ4v) is 5.86. The summed E-state index contributed by atoms with van der Waals surface area (Å²) in [6.07, 6.45) is 7.06. The highest BCUT2D eigenvalue weighted by molar-refractivity contribution is 8.26. The molecule has 1 aliphatic carbocycles. The van der Waals surface area contributed by atoms with Crippen molar-refractivity contribution in [2.24, 2.45) is 0 Å². The van der Waals surface area contributed by atoms with Crippen LogP contribution in [0, 0.1) is 0 Å². The van der Waals surface area contributed by atoms with Gasteiger partial charge in [-0.3, -0.25) is 0 Å². The van der Waals surface area contributed by atoms with Crippen molar-refractivity contribution in [2.45, 2.75) is 19.8 Å². The summed E-state index contributed by atoms with van der Waals surface area (Å²) in [5.41, 5.74) is 0. The van der Waals surface area contributed by atoms with E-state index in [4.69, 9.17) is 0 Å². The molecule has 54 valence electrons. The molecule has 4 atom stereocenters. The van der Waals surface area contributed by atoms with Gasteiger partial charge in [0, 0.05) is 15.7 Å². The summed E-state index contributed by atoms with van der Waals surface area (Å²) in [6, 6.07) is 0. The van der Waals surface area contributed by atoms with E-state index >= 15 is 0 Å². The highest BCUT2D eigenvalue weighted by Gasteiger charge is 2.66. The van der Waals surface area contributed by atoms with E-state index in [2.05, 4.69) is 41.9 Å². The second kappa shape index (κ2) is 1.75. The zero-order valence-corrected chi connectivity index (χ0v) is 8.06. The molecule has 2 aliphatic heterocycles. The van der Waals surface area contributed by atoms with Gasteiger partial charge in [0.15, 0.2) is 0 Å². The smallest absolute Gasteiger partial charge is 0.0922 e. The van der Waals surface area contributed by atoms with Crippen LogP contribution in [0.1, 0.15) is 0 Å². The van der Waals surface area contributed by atoms with E-state index in [0.717, 1.165) is 15.7 Å². The van der Waals surface area contributed by atoms with E-state index in [0.29, 0.717) is 4.08 Å². The van der Waals surface area contributed by atoms with Gasteiger partial charge in [-0.05, 0) is 6.26 Å². The molecule has 3 rings (SSSR count). The van der Waals surface area contributed by atoms with Crippen LogP contribution in [0.2, 0.25) is 0 Å². The normalized spacial score (nSPS) is 61.1. The number of hydrogen-bond donors (Lipinski definition) is 0. The fourth-order valence-electron chi connectivity index (χ4n) is 1.59. The van der Waals surface area contributed by atoms with Crippen LogP contribution >= 0.6 is 35.3 Å². The first-order chi connectivity index (χ1) is 4.86. The molecule has 4 unspecified atom stereocenters. The van der Waals surface area contributed by atoms with Crippen molar-refractivity contribution in [3.63, 3.8) is 0 Å². The molecule has 2 heterocycles. The van der Waals surface area contributed by atoms with Crippen molar-refractivity contribution < 1.29 is 0 Å². The Morgan fingerprint density at radius 2 is 2.50 bits per heavy atom. The van der Waals surface area contributed by atoms with Crippen LogP contribution < -0.4 is 0 Å². The quantitative estimate of drug-likeness (QED) is 0.457. The topological polar surface area (TPSA) is 0 Å². The Hall–Kier alpha value is 0.790. The van der Waals surface area contributed by atoms with Gasteiger partial charge in [-0.25, -0.2) is 0 Å². The fraction of sp³-hybridized carbons (Fsp3) is 0.714. The Kier molecular flexibility index (Phi) is 1.11. The van der Waals surface area contributed by atoms with Crippen LogP contribution in [0.4, 0.5) is 0 Å². The van der Waals surface area contributed by atoms with Crippen molar-refractivity contribution >= 4 is 35.3 Å². The summed E-state index contributed by atoms with van der Waals surface area (Å²) in [6.45, 7) is 0. The maximum absolute atomic E-state index is 2.42. The number of fused-ring (bicyclic) bond motifs is 3. The van der Waals surface area contributed by atoms with E-state index in [9.17, 15) is 0 Å². The molecule has 0 aromatic heterocycles. The van der Waals surface area contributed by atoms with Crippen molar-refractivity contribution in [3.8, 4) is 0 Å². The third-order valence-electron chi connectivity index (χ3n) is 2.35. The van der Waals surface area contributed by atoms with Gasteiger partial charge >= 0.3 is 0 Å². The van der Waals surface area contributed by atoms with Gasteiger partial charge in [-0.2, -0.15) is 0 Å². The second-order valence-corrected chi connectivity index (χ2v) is 7.01. The van der Waals surface area contributed by atoms with Gasteiger partial charge in [-0.15, -0.1) is 35.3 Å². The average Bonchev–Trinajstić information content (AvgIpc) is 2.82. The Balaban J connectivity index is 1.95. The Labute approximate surface area is 73.6 Å². The van der Waals surface area contributed by atoms with Crippen molar-refractivity contribution in [1.29, 1.82) is 0 Å². The lowest BCUT2D eigenvalue weighted by atomic mass is 10.1. The first-order valence-electron chi connectivity index (χ1n) is 3.43.